The average Bonchev–Trinajstić information content (AvgIpc) is 3.31. The summed E-state index contributed by atoms with van der Waals surface area (Å²) in [4.78, 5) is 16.8. The first-order chi connectivity index (χ1) is 16.3. The maximum atomic E-state index is 13.5. The molecule has 0 radical (unpaired) electrons. The number of carbonyl (C=O) groups is 1. The maximum Gasteiger partial charge on any atom is 0.416 e. The normalized spacial score (nSPS) is 17.0. The molecule has 1 aromatic heterocycles. The summed E-state index contributed by atoms with van der Waals surface area (Å²) >= 11 is 0. The van der Waals surface area contributed by atoms with Gasteiger partial charge in [0.15, 0.2) is 0 Å². The molecule has 1 fully saturated rings. The molecule has 0 bridgehead atoms. The number of halogens is 4. The first kappa shape index (κ1) is 24.0. The van der Waals surface area contributed by atoms with Crippen molar-refractivity contribution in [1.82, 2.24) is 9.80 Å². The number of rotatable bonds is 7. The standard InChI is InChI=1S/C25H24F4N2O3/c26-21-4-1-3-18(13-21)14-30-10-12-34-23(15-30)17-31(16-22-5-2-11-33-22)24(32)19-6-8-20(9-7-19)25(27,28)29/h1-9,11,13,23H,10,12,14-17H2/t23-/m0/s1. The van der Waals surface area contributed by atoms with Gasteiger partial charge >= 0.3 is 6.18 Å². The van der Waals surface area contributed by atoms with Crippen LogP contribution in [0.3, 0.4) is 0 Å². The predicted molar refractivity (Wildman–Crippen MR) is 116 cm³/mol. The van der Waals surface area contributed by atoms with Crippen molar-refractivity contribution >= 4 is 5.91 Å². The predicted octanol–water partition coefficient (Wildman–Crippen LogP) is 4.98. The van der Waals surface area contributed by atoms with Gasteiger partial charge in [-0.3, -0.25) is 9.69 Å². The maximum absolute atomic E-state index is 13.5. The van der Waals surface area contributed by atoms with E-state index in [0.29, 0.717) is 32.0 Å². The van der Waals surface area contributed by atoms with Gasteiger partial charge in [0.25, 0.3) is 5.91 Å². The van der Waals surface area contributed by atoms with Crippen LogP contribution < -0.4 is 0 Å². The summed E-state index contributed by atoms with van der Waals surface area (Å²) in [6.07, 6.45) is -3.31. The average molecular weight is 476 g/mol. The van der Waals surface area contributed by atoms with E-state index < -0.39 is 17.6 Å². The van der Waals surface area contributed by atoms with Crippen LogP contribution in [-0.4, -0.2) is 48.1 Å². The number of benzene rings is 2. The molecule has 1 atom stereocenters. The fourth-order valence-corrected chi connectivity index (χ4v) is 3.97. The number of hydrogen-bond donors (Lipinski definition) is 0. The molecular formula is C25H24F4N2O3. The van der Waals surface area contributed by atoms with Crippen molar-refractivity contribution in [2.24, 2.45) is 0 Å². The summed E-state index contributed by atoms with van der Waals surface area (Å²) in [7, 11) is 0. The summed E-state index contributed by atoms with van der Waals surface area (Å²) < 4.78 is 63.5. The van der Waals surface area contributed by atoms with Gasteiger partial charge in [-0.25, -0.2) is 4.39 Å². The highest BCUT2D eigenvalue weighted by molar-refractivity contribution is 5.94. The third-order valence-corrected chi connectivity index (χ3v) is 5.62. The highest BCUT2D eigenvalue weighted by Gasteiger charge is 2.31. The van der Waals surface area contributed by atoms with Gasteiger partial charge in [0, 0.05) is 31.7 Å². The van der Waals surface area contributed by atoms with Crippen molar-refractivity contribution in [3.63, 3.8) is 0 Å². The zero-order valence-corrected chi connectivity index (χ0v) is 18.3. The van der Waals surface area contributed by atoms with Crippen molar-refractivity contribution in [1.29, 1.82) is 0 Å². The summed E-state index contributed by atoms with van der Waals surface area (Å²) in [5.74, 6) is -0.169. The molecule has 5 nitrogen and oxygen atoms in total. The minimum absolute atomic E-state index is 0.145. The van der Waals surface area contributed by atoms with Crippen molar-refractivity contribution in [2.75, 3.05) is 26.2 Å². The molecule has 1 saturated heterocycles. The molecule has 1 aliphatic rings. The summed E-state index contributed by atoms with van der Waals surface area (Å²) in [5.41, 5.74) is 0.172. The summed E-state index contributed by atoms with van der Waals surface area (Å²) in [6.45, 7) is 2.55. The van der Waals surface area contributed by atoms with Crippen LogP contribution in [-0.2, 0) is 24.0 Å². The first-order valence-corrected chi connectivity index (χ1v) is 10.9. The molecule has 0 N–H and O–H groups in total. The molecule has 180 valence electrons. The number of hydrogen-bond acceptors (Lipinski definition) is 4. The van der Waals surface area contributed by atoms with Crippen LogP contribution >= 0.6 is 0 Å². The molecule has 1 aliphatic heterocycles. The monoisotopic (exact) mass is 476 g/mol. The Kier molecular flexibility index (Phi) is 7.33. The molecule has 0 spiro atoms. The van der Waals surface area contributed by atoms with Crippen LogP contribution in [0.1, 0.15) is 27.2 Å². The number of carbonyl (C=O) groups excluding carboxylic acids is 1. The number of alkyl halides is 3. The lowest BCUT2D eigenvalue weighted by atomic mass is 10.1. The molecule has 3 aromatic rings. The van der Waals surface area contributed by atoms with E-state index in [1.54, 1.807) is 18.2 Å². The molecule has 9 heteroatoms. The number of furan rings is 1. The van der Waals surface area contributed by atoms with Crippen molar-refractivity contribution in [3.8, 4) is 0 Å². The van der Waals surface area contributed by atoms with Crippen molar-refractivity contribution in [2.45, 2.75) is 25.4 Å². The second kappa shape index (κ2) is 10.4. The minimum Gasteiger partial charge on any atom is -0.467 e. The fraction of sp³-hybridized carbons (Fsp3) is 0.320. The lowest BCUT2D eigenvalue weighted by molar-refractivity contribution is -0.137. The van der Waals surface area contributed by atoms with Crippen LogP contribution in [0.5, 0.6) is 0 Å². The number of morpholine rings is 1. The molecule has 4 rings (SSSR count). The molecule has 2 heterocycles. The van der Waals surface area contributed by atoms with E-state index >= 15 is 0 Å². The molecule has 0 aliphatic carbocycles. The van der Waals surface area contributed by atoms with E-state index in [9.17, 15) is 22.4 Å². The Hall–Kier alpha value is -3.17. The fourth-order valence-electron chi connectivity index (χ4n) is 3.97. The van der Waals surface area contributed by atoms with Crippen LogP contribution in [0.4, 0.5) is 17.6 Å². The largest absolute Gasteiger partial charge is 0.467 e. The smallest absolute Gasteiger partial charge is 0.416 e. The summed E-state index contributed by atoms with van der Waals surface area (Å²) in [6, 6.07) is 14.0. The first-order valence-electron chi connectivity index (χ1n) is 10.9. The molecule has 1 amide bonds. The molecule has 34 heavy (non-hydrogen) atoms. The van der Waals surface area contributed by atoms with Crippen molar-refractivity contribution < 1.29 is 31.5 Å². The zero-order valence-electron chi connectivity index (χ0n) is 18.3. The van der Waals surface area contributed by atoms with Gasteiger partial charge in [-0.15, -0.1) is 0 Å². The minimum atomic E-state index is -4.48. The van der Waals surface area contributed by atoms with Gasteiger partial charge in [0.2, 0.25) is 0 Å². The van der Waals surface area contributed by atoms with Crippen molar-refractivity contribution in [3.05, 3.63) is 95.2 Å². The van der Waals surface area contributed by atoms with Gasteiger partial charge in [-0.05, 0) is 54.1 Å². The lowest BCUT2D eigenvalue weighted by Crippen LogP contribution is -2.48. The second-order valence-electron chi connectivity index (χ2n) is 8.20. The Bertz CT molecular complexity index is 1080. The van der Waals surface area contributed by atoms with Crippen LogP contribution in [0.15, 0.2) is 71.3 Å². The highest BCUT2D eigenvalue weighted by atomic mass is 19.4. The van der Waals surface area contributed by atoms with Crippen LogP contribution in [0, 0.1) is 5.82 Å². The number of nitrogens with zero attached hydrogens (tertiary/aromatic N) is 2. The van der Waals surface area contributed by atoms with E-state index in [1.807, 2.05) is 6.07 Å². The van der Waals surface area contributed by atoms with E-state index in [4.69, 9.17) is 9.15 Å². The molecule has 2 aromatic carbocycles. The summed E-state index contributed by atoms with van der Waals surface area (Å²) in [5, 5.41) is 0. The zero-order chi connectivity index (χ0) is 24.1. The lowest BCUT2D eigenvalue weighted by Gasteiger charge is -2.35. The third-order valence-electron chi connectivity index (χ3n) is 5.62. The van der Waals surface area contributed by atoms with Crippen LogP contribution in [0.25, 0.3) is 0 Å². The van der Waals surface area contributed by atoms with Gasteiger partial charge in [-0.1, -0.05) is 12.1 Å². The van der Waals surface area contributed by atoms with E-state index in [-0.39, 0.29) is 30.6 Å². The Morgan fingerprint density at radius 3 is 2.56 bits per heavy atom. The van der Waals surface area contributed by atoms with Gasteiger partial charge in [0.1, 0.15) is 11.6 Å². The quantitative estimate of drug-likeness (QED) is 0.452. The third kappa shape index (κ3) is 6.24. The van der Waals surface area contributed by atoms with Gasteiger partial charge in [0.05, 0.1) is 31.1 Å². The Morgan fingerprint density at radius 1 is 1.09 bits per heavy atom. The second-order valence-corrected chi connectivity index (χ2v) is 8.20. The molecule has 0 unspecified atom stereocenters. The Morgan fingerprint density at radius 2 is 1.88 bits per heavy atom. The highest BCUT2D eigenvalue weighted by Crippen LogP contribution is 2.29. The number of amides is 1. The van der Waals surface area contributed by atoms with Gasteiger partial charge < -0.3 is 14.1 Å². The Labute approximate surface area is 194 Å². The van der Waals surface area contributed by atoms with Crippen LogP contribution in [0.2, 0.25) is 0 Å². The molecule has 0 saturated carbocycles. The Balaban J connectivity index is 1.46. The number of ether oxygens (including phenoxy) is 1. The molecular weight excluding hydrogens is 452 g/mol. The van der Waals surface area contributed by atoms with Gasteiger partial charge in [-0.2, -0.15) is 13.2 Å². The topological polar surface area (TPSA) is 45.9 Å². The van der Waals surface area contributed by atoms with E-state index in [0.717, 1.165) is 17.7 Å². The van der Waals surface area contributed by atoms with E-state index in [1.165, 1.54) is 35.4 Å². The SMILES string of the molecule is O=C(c1ccc(C(F)(F)F)cc1)N(Cc1ccco1)C[C@@H]1CN(Cc2cccc(F)c2)CCO1. The van der Waals surface area contributed by atoms with E-state index in [2.05, 4.69) is 4.90 Å².